The minimum Gasteiger partial charge on any atom is -0.459 e. The number of ether oxygens (including phenoxy) is 2. The zero-order valence-corrected chi connectivity index (χ0v) is 19.8. The highest BCUT2D eigenvalue weighted by atomic mass is 19.2. The molecule has 36 heavy (non-hydrogen) atoms. The Morgan fingerprint density at radius 2 is 1.61 bits per heavy atom. The average molecular weight is 497 g/mol. The summed E-state index contributed by atoms with van der Waals surface area (Å²) in [5.41, 5.74) is 2.30. The molecule has 3 aromatic rings. The number of epoxide rings is 1. The van der Waals surface area contributed by atoms with E-state index in [-0.39, 0.29) is 29.3 Å². The zero-order valence-electron chi connectivity index (χ0n) is 19.8. The van der Waals surface area contributed by atoms with Gasteiger partial charge in [-0.1, -0.05) is 42.5 Å². The van der Waals surface area contributed by atoms with Gasteiger partial charge in [0.2, 0.25) is 0 Å². The first-order valence-corrected chi connectivity index (χ1v) is 12.2. The number of carbonyl (C=O) groups is 1. The van der Waals surface area contributed by atoms with E-state index in [4.69, 9.17) is 9.47 Å². The van der Waals surface area contributed by atoms with Crippen molar-refractivity contribution >= 4 is 5.97 Å². The molecule has 1 aliphatic carbocycles. The number of halogens is 3. The summed E-state index contributed by atoms with van der Waals surface area (Å²) in [6.07, 6.45) is 0.878. The van der Waals surface area contributed by atoms with Gasteiger partial charge in [-0.05, 0) is 67.3 Å². The number of aliphatic hydroxyl groups excluding tert-OH is 1. The van der Waals surface area contributed by atoms with Gasteiger partial charge < -0.3 is 14.6 Å². The first-order chi connectivity index (χ1) is 17.3. The fourth-order valence-corrected chi connectivity index (χ4v) is 4.90. The molecule has 1 N–H and O–H groups in total. The van der Waals surface area contributed by atoms with Crippen LogP contribution in [0.4, 0.5) is 13.2 Å². The molecule has 5 rings (SSSR count). The second-order valence-electron chi connectivity index (χ2n) is 9.57. The fraction of sp³-hybridized carbons (Fsp3) is 0.345. The SMILES string of the molecule is CC(O)c1ccc(-c2ccc(C3CCC(OC(=O)c4ccc(C5CO5)c(F)c4)CC3)c(F)c2F)cc1. The predicted molar refractivity (Wildman–Crippen MR) is 128 cm³/mol. The largest absolute Gasteiger partial charge is 0.459 e. The second kappa shape index (κ2) is 10.1. The van der Waals surface area contributed by atoms with Gasteiger partial charge in [0, 0.05) is 11.1 Å². The summed E-state index contributed by atoms with van der Waals surface area (Å²) in [5, 5.41) is 9.65. The van der Waals surface area contributed by atoms with Crippen LogP contribution in [-0.4, -0.2) is 23.8 Å². The second-order valence-corrected chi connectivity index (χ2v) is 9.57. The van der Waals surface area contributed by atoms with Crippen LogP contribution in [0.3, 0.4) is 0 Å². The Balaban J connectivity index is 1.21. The normalized spacial score (nSPS) is 22.2. The van der Waals surface area contributed by atoms with E-state index < -0.39 is 29.5 Å². The zero-order chi connectivity index (χ0) is 25.4. The molecule has 0 amide bonds. The number of rotatable bonds is 6. The summed E-state index contributed by atoms with van der Waals surface area (Å²) >= 11 is 0. The molecule has 0 aromatic heterocycles. The molecule has 4 nitrogen and oxygen atoms in total. The highest BCUT2D eigenvalue weighted by Gasteiger charge is 2.30. The van der Waals surface area contributed by atoms with Crippen LogP contribution in [0.25, 0.3) is 11.1 Å². The van der Waals surface area contributed by atoms with Crippen LogP contribution in [0.2, 0.25) is 0 Å². The molecule has 2 aliphatic rings. The average Bonchev–Trinajstić information content (AvgIpc) is 3.72. The molecular weight excluding hydrogens is 469 g/mol. The number of benzene rings is 3. The van der Waals surface area contributed by atoms with Gasteiger partial charge >= 0.3 is 5.97 Å². The van der Waals surface area contributed by atoms with Crippen LogP contribution in [0, 0.1) is 17.5 Å². The van der Waals surface area contributed by atoms with Gasteiger partial charge in [-0.15, -0.1) is 0 Å². The molecule has 0 bridgehead atoms. The molecule has 1 saturated carbocycles. The lowest BCUT2D eigenvalue weighted by molar-refractivity contribution is 0.0193. The summed E-state index contributed by atoms with van der Waals surface area (Å²) in [5.74, 6) is -3.02. The number of carbonyl (C=O) groups excluding carboxylic acids is 1. The standard InChI is InChI=1S/C29H27F3O4/c1-16(33)17-2-4-18(5-3-17)22-12-13-23(28(32)27(22)31)19-6-9-21(10-7-19)36-29(34)20-8-11-24(25(30)14-20)26-15-35-26/h2-5,8,11-14,16,19,21,26,33H,6-7,9-10,15H2,1H3. The summed E-state index contributed by atoms with van der Waals surface area (Å²) in [4.78, 5) is 12.5. The fourth-order valence-electron chi connectivity index (χ4n) is 4.90. The molecule has 2 fully saturated rings. The van der Waals surface area contributed by atoms with E-state index in [1.165, 1.54) is 12.1 Å². The van der Waals surface area contributed by atoms with E-state index in [1.54, 1.807) is 49.4 Å². The lowest BCUT2D eigenvalue weighted by Crippen LogP contribution is -2.24. The molecule has 1 heterocycles. The van der Waals surface area contributed by atoms with Gasteiger partial charge in [0.25, 0.3) is 0 Å². The Hall–Kier alpha value is -3.16. The molecule has 0 spiro atoms. The third-order valence-corrected chi connectivity index (χ3v) is 7.12. The summed E-state index contributed by atoms with van der Waals surface area (Å²) in [7, 11) is 0. The molecule has 7 heteroatoms. The lowest BCUT2D eigenvalue weighted by Gasteiger charge is -2.29. The predicted octanol–water partition coefficient (Wildman–Crippen LogP) is 6.78. The van der Waals surface area contributed by atoms with Crippen molar-refractivity contribution in [3.8, 4) is 11.1 Å². The minimum atomic E-state index is -0.895. The van der Waals surface area contributed by atoms with Crippen LogP contribution < -0.4 is 0 Å². The van der Waals surface area contributed by atoms with Crippen molar-refractivity contribution in [2.45, 2.75) is 56.8 Å². The molecule has 2 unspecified atom stereocenters. The van der Waals surface area contributed by atoms with E-state index in [1.807, 2.05) is 0 Å². The lowest BCUT2D eigenvalue weighted by atomic mass is 9.82. The van der Waals surface area contributed by atoms with Gasteiger partial charge in [-0.25, -0.2) is 18.0 Å². The Morgan fingerprint density at radius 1 is 0.944 bits per heavy atom. The molecule has 3 aromatic carbocycles. The van der Waals surface area contributed by atoms with Crippen molar-refractivity contribution in [3.05, 3.63) is 94.3 Å². The number of hydrogen-bond acceptors (Lipinski definition) is 4. The molecule has 0 radical (unpaired) electrons. The Labute approximate surface area is 207 Å². The quantitative estimate of drug-likeness (QED) is 0.302. The van der Waals surface area contributed by atoms with Gasteiger partial charge in [-0.2, -0.15) is 0 Å². The number of hydrogen-bond donors (Lipinski definition) is 1. The van der Waals surface area contributed by atoms with Crippen molar-refractivity contribution < 1.29 is 32.5 Å². The minimum absolute atomic E-state index is 0.143. The van der Waals surface area contributed by atoms with Crippen LogP contribution >= 0.6 is 0 Å². The molecule has 1 aliphatic heterocycles. The maximum Gasteiger partial charge on any atom is 0.338 e. The molecular formula is C29H27F3O4. The van der Waals surface area contributed by atoms with E-state index in [2.05, 4.69) is 0 Å². The van der Waals surface area contributed by atoms with E-state index in [0.717, 1.165) is 0 Å². The smallest absolute Gasteiger partial charge is 0.338 e. The third-order valence-electron chi connectivity index (χ3n) is 7.12. The Bertz CT molecular complexity index is 1260. The van der Waals surface area contributed by atoms with Crippen molar-refractivity contribution in [1.29, 1.82) is 0 Å². The van der Waals surface area contributed by atoms with Crippen molar-refractivity contribution in [3.63, 3.8) is 0 Å². The highest BCUT2D eigenvalue weighted by Crippen LogP contribution is 2.38. The van der Waals surface area contributed by atoms with E-state index in [0.29, 0.717) is 54.5 Å². The van der Waals surface area contributed by atoms with E-state index >= 15 is 4.39 Å². The van der Waals surface area contributed by atoms with E-state index in [9.17, 15) is 18.7 Å². The van der Waals surface area contributed by atoms with Crippen molar-refractivity contribution in [2.75, 3.05) is 6.61 Å². The van der Waals surface area contributed by atoms with Gasteiger partial charge in [0.15, 0.2) is 11.6 Å². The van der Waals surface area contributed by atoms with Crippen molar-refractivity contribution in [1.82, 2.24) is 0 Å². The molecule has 1 saturated heterocycles. The third kappa shape index (κ3) is 5.04. The molecule has 188 valence electrons. The maximum atomic E-state index is 15.1. The highest BCUT2D eigenvalue weighted by molar-refractivity contribution is 5.89. The van der Waals surface area contributed by atoms with Crippen LogP contribution in [0.1, 0.15) is 77.8 Å². The maximum absolute atomic E-state index is 15.1. The van der Waals surface area contributed by atoms with Crippen LogP contribution in [0.5, 0.6) is 0 Å². The van der Waals surface area contributed by atoms with Crippen molar-refractivity contribution in [2.24, 2.45) is 0 Å². The van der Waals surface area contributed by atoms with Crippen LogP contribution in [-0.2, 0) is 9.47 Å². The molecule has 2 atom stereocenters. The Kier molecular flexibility index (Phi) is 6.86. The summed E-state index contributed by atoms with van der Waals surface area (Å²) in [6, 6.07) is 14.2. The topological polar surface area (TPSA) is 59.1 Å². The van der Waals surface area contributed by atoms with Gasteiger partial charge in [0.05, 0.1) is 18.3 Å². The first-order valence-electron chi connectivity index (χ1n) is 12.2. The summed E-state index contributed by atoms with van der Waals surface area (Å²) < 4.78 is 54.9. The van der Waals surface area contributed by atoms with Gasteiger partial charge in [0.1, 0.15) is 18.0 Å². The first kappa shape index (κ1) is 24.5. The monoisotopic (exact) mass is 496 g/mol. The summed E-state index contributed by atoms with van der Waals surface area (Å²) in [6.45, 7) is 2.12. The Morgan fingerprint density at radius 3 is 2.22 bits per heavy atom. The number of esters is 1. The van der Waals surface area contributed by atoms with Gasteiger partial charge in [-0.3, -0.25) is 0 Å². The van der Waals surface area contributed by atoms with Crippen LogP contribution in [0.15, 0.2) is 54.6 Å². The number of aliphatic hydroxyl groups is 1.